The van der Waals surface area contributed by atoms with Crippen LogP contribution in [0.2, 0.25) is 0 Å². The number of rotatable bonds is 6. The Hall–Kier alpha value is -2.92. The maximum atomic E-state index is 12.5. The molecule has 0 bridgehead atoms. The van der Waals surface area contributed by atoms with Gasteiger partial charge in [0.1, 0.15) is 11.9 Å². The fourth-order valence-electron chi connectivity index (χ4n) is 2.64. The topological polar surface area (TPSA) is 60.5 Å². The minimum atomic E-state index is -0.596. The van der Waals surface area contributed by atoms with E-state index in [1.54, 1.807) is 14.0 Å². The molecule has 1 unspecified atom stereocenters. The number of aromatic nitrogens is 1. The molecule has 3 aromatic rings. The van der Waals surface area contributed by atoms with Gasteiger partial charge in [0.05, 0.1) is 24.9 Å². The van der Waals surface area contributed by atoms with E-state index >= 15 is 0 Å². The van der Waals surface area contributed by atoms with Gasteiger partial charge in [-0.3, -0.25) is 9.78 Å². The standard InChI is InChI=1S/C21H22N2O3/c1-14-10-11-17-7-5-9-19(20(17)22-14)23-21(24)15(2)26-13-16-6-4-8-18(12-16)25-3/h4-12,15H,13H2,1-3H3,(H,23,24). The van der Waals surface area contributed by atoms with Crippen molar-refractivity contribution in [3.05, 3.63) is 65.9 Å². The summed E-state index contributed by atoms with van der Waals surface area (Å²) < 4.78 is 10.9. The zero-order valence-electron chi connectivity index (χ0n) is 15.2. The monoisotopic (exact) mass is 350 g/mol. The zero-order valence-corrected chi connectivity index (χ0v) is 15.2. The van der Waals surface area contributed by atoms with Gasteiger partial charge >= 0.3 is 0 Å². The molecule has 5 heteroatoms. The molecule has 3 rings (SSSR count). The number of carbonyl (C=O) groups is 1. The third kappa shape index (κ3) is 4.18. The highest BCUT2D eigenvalue weighted by Gasteiger charge is 2.15. The van der Waals surface area contributed by atoms with Gasteiger partial charge in [0.15, 0.2) is 0 Å². The second-order valence-electron chi connectivity index (χ2n) is 6.12. The van der Waals surface area contributed by atoms with Gasteiger partial charge in [-0.15, -0.1) is 0 Å². The molecule has 0 fully saturated rings. The summed E-state index contributed by atoms with van der Waals surface area (Å²) in [4.78, 5) is 17.0. The van der Waals surface area contributed by atoms with Gasteiger partial charge in [-0.25, -0.2) is 0 Å². The van der Waals surface area contributed by atoms with Crippen LogP contribution >= 0.6 is 0 Å². The molecule has 1 amide bonds. The van der Waals surface area contributed by atoms with E-state index in [1.807, 2.05) is 61.5 Å². The number of aryl methyl sites for hydroxylation is 1. The summed E-state index contributed by atoms with van der Waals surface area (Å²) in [6.45, 7) is 4.00. The molecule has 0 aliphatic rings. The summed E-state index contributed by atoms with van der Waals surface area (Å²) in [5.74, 6) is 0.559. The molecule has 5 nitrogen and oxygen atoms in total. The van der Waals surface area contributed by atoms with Crippen LogP contribution in [0, 0.1) is 6.92 Å². The number of fused-ring (bicyclic) bond motifs is 1. The van der Waals surface area contributed by atoms with Gasteiger partial charge in [0.25, 0.3) is 5.91 Å². The quantitative estimate of drug-likeness (QED) is 0.727. The highest BCUT2D eigenvalue weighted by molar-refractivity contribution is 6.01. The lowest BCUT2D eigenvalue weighted by molar-refractivity contribution is -0.127. The molecule has 0 saturated carbocycles. The lowest BCUT2D eigenvalue weighted by atomic mass is 10.1. The number of ether oxygens (including phenoxy) is 2. The van der Waals surface area contributed by atoms with E-state index in [1.165, 1.54) is 0 Å². The molecule has 0 spiro atoms. The number of para-hydroxylation sites is 1. The Balaban J connectivity index is 1.67. The summed E-state index contributed by atoms with van der Waals surface area (Å²) in [7, 11) is 1.62. The maximum absolute atomic E-state index is 12.5. The van der Waals surface area contributed by atoms with E-state index in [9.17, 15) is 4.79 Å². The second-order valence-corrected chi connectivity index (χ2v) is 6.12. The van der Waals surface area contributed by atoms with Crippen molar-refractivity contribution >= 4 is 22.5 Å². The Morgan fingerprint density at radius 2 is 1.96 bits per heavy atom. The average molecular weight is 350 g/mol. The van der Waals surface area contributed by atoms with Crippen molar-refractivity contribution in [2.75, 3.05) is 12.4 Å². The molecule has 0 saturated heterocycles. The number of hydrogen-bond acceptors (Lipinski definition) is 4. The summed E-state index contributed by atoms with van der Waals surface area (Å²) in [6, 6.07) is 17.3. The van der Waals surface area contributed by atoms with Crippen LogP contribution in [0.15, 0.2) is 54.6 Å². The fraction of sp³-hybridized carbons (Fsp3) is 0.238. The van der Waals surface area contributed by atoms with E-state index in [2.05, 4.69) is 10.3 Å². The SMILES string of the molecule is COc1cccc(COC(C)C(=O)Nc2cccc3ccc(C)nc23)c1. The van der Waals surface area contributed by atoms with Gasteiger partial charge in [-0.1, -0.05) is 30.3 Å². The van der Waals surface area contributed by atoms with Crippen LogP contribution in [0.3, 0.4) is 0 Å². The Bertz CT molecular complexity index is 924. The predicted molar refractivity (Wildman–Crippen MR) is 102 cm³/mol. The number of carbonyl (C=O) groups excluding carboxylic acids is 1. The summed E-state index contributed by atoms with van der Waals surface area (Å²) in [5, 5.41) is 3.90. The summed E-state index contributed by atoms with van der Waals surface area (Å²) >= 11 is 0. The molecule has 26 heavy (non-hydrogen) atoms. The number of nitrogens with one attached hydrogen (secondary N) is 1. The highest BCUT2D eigenvalue weighted by atomic mass is 16.5. The van der Waals surface area contributed by atoms with Crippen molar-refractivity contribution in [2.45, 2.75) is 26.6 Å². The van der Waals surface area contributed by atoms with E-state index in [0.717, 1.165) is 27.9 Å². The van der Waals surface area contributed by atoms with Gasteiger partial charge in [0.2, 0.25) is 0 Å². The average Bonchev–Trinajstić information content (AvgIpc) is 2.66. The molecule has 2 aromatic carbocycles. The van der Waals surface area contributed by atoms with Crippen LogP contribution in [0.25, 0.3) is 10.9 Å². The van der Waals surface area contributed by atoms with Crippen molar-refractivity contribution in [3.8, 4) is 5.75 Å². The lowest BCUT2D eigenvalue weighted by Gasteiger charge is -2.15. The Kier molecular flexibility index (Phi) is 5.49. The third-order valence-corrected chi connectivity index (χ3v) is 4.12. The Labute approximate surface area is 153 Å². The van der Waals surface area contributed by atoms with Crippen LogP contribution in [0.4, 0.5) is 5.69 Å². The Morgan fingerprint density at radius 1 is 1.15 bits per heavy atom. The van der Waals surface area contributed by atoms with Gasteiger partial charge < -0.3 is 14.8 Å². The number of methoxy groups -OCH3 is 1. The molecule has 1 N–H and O–H groups in total. The molecule has 0 radical (unpaired) electrons. The zero-order chi connectivity index (χ0) is 18.5. The first-order valence-electron chi connectivity index (χ1n) is 8.48. The molecule has 1 atom stereocenters. The van der Waals surface area contributed by atoms with Gasteiger partial charge in [-0.05, 0) is 43.7 Å². The van der Waals surface area contributed by atoms with E-state index in [-0.39, 0.29) is 5.91 Å². The predicted octanol–water partition coefficient (Wildman–Crippen LogP) is 4.10. The molecule has 134 valence electrons. The molecule has 0 aliphatic carbocycles. The second kappa shape index (κ2) is 7.97. The Morgan fingerprint density at radius 3 is 2.77 bits per heavy atom. The maximum Gasteiger partial charge on any atom is 0.253 e. The summed E-state index contributed by atoms with van der Waals surface area (Å²) in [5.41, 5.74) is 3.32. The van der Waals surface area contributed by atoms with Crippen LogP contribution in [0.5, 0.6) is 5.75 Å². The molecule has 0 aliphatic heterocycles. The van der Waals surface area contributed by atoms with E-state index in [4.69, 9.17) is 9.47 Å². The van der Waals surface area contributed by atoms with Crippen molar-refractivity contribution < 1.29 is 14.3 Å². The largest absolute Gasteiger partial charge is 0.497 e. The van der Waals surface area contributed by atoms with E-state index in [0.29, 0.717) is 12.3 Å². The minimum Gasteiger partial charge on any atom is -0.497 e. The first-order chi connectivity index (χ1) is 12.6. The van der Waals surface area contributed by atoms with Crippen molar-refractivity contribution in [1.29, 1.82) is 0 Å². The van der Waals surface area contributed by atoms with Crippen LogP contribution in [0.1, 0.15) is 18.2 Å². The van der Waals surface area contributed by atoms with Crippen LogP contribution < -0.4 is 10.1 Å². The number of benzene rings is 2. The van der Waals surface area contributed by atoms with Crippen molar-refractivity contribution in [1.82, 2.24) is 4.98 Å². The minimum absolute atomic E-state index is 0.205. The summed E-state index contributed by atoms with van der Waals surface area (Å²) in [6.07, 6.45) is -0.596. The number of amides is 1. The normalized spacial score (nSPS) is 12.0. The first kappa shape index (κ1) is 17.9. The van der Waals surface area contributed by atoms with Crippen molar-refractivity contribution in [3.63, 3.8) is 0 Å². The van der Waals surface area contributed by atoms with Crippen LogP contribution in [-0.4, -0.2) is 24.1 Å². The van der Waals surface area contributed by atoms with Crippen molar-refractivity contribution in [2.24, 2.45) is 0 Å². The number of nitrogens with zero attached hydrogens (tertiary/aromatic N) is 1. The molecule has 1 aromatic heterocycles. The third-order valence-electron chi connectivity index (χ3n) is 4.12. The number of hydrogen-bond donors (Lipinski definition) is 1. The first-order valence-corrected chi connectivity index (χ1v) is 8.48. The molecular formula is C21H22N2O3. The lowest BCUT2D eigenvalue weighted by Crippen LogP contribution is -2.27. The van der Waals surface area contributed by atoms with Gasteiger partial charge in [-0.2, -0.15) is 0 Å². The number of pyridine rings is 1. The van der Waals surface area contributed by atoms with Crippen LogP contribution in [-0.2, 0) is 16.1 Å². The number of anilines is 1. The molecule has 1 heterocycles. The smallest absolute Gasteiger partial charge is 0.253 e. The van der Waals surface area contributed by atoms with Gasteiger partial charge in [0, 0.05) is 11.1 Å². The highest BCUT2D eigenvalue weighted by Crippen LogP contribution is 2.22. The fourth-order valence-corrected chi connectivity index (χ4v) is 2.64. The molecular weight excluding hydrogens is 328 g/mol. The van der Waals surface area contributed by atoms with E-state index < -0.39 is 6.10 Å².